The quantitative estimate of drug-likeness (QED) is 0.250. The Balaban J connectivity index is 1.73. The number of aromatic nitrogens is 1. The van der Waals surface area contributed by atoms with Crippen LogP contribution in [-0.4, -0.2) is 49.3 Å². The van der Waals surface area contributed by atoms with E-state index >= 15 is 0 Å². The van der Waals surface area contributed by atoms with Crippen molar-refractivity contribution in [2.75, 3.05) is 44.7 Å². The standard InChI is InChI=1S/C30H30ClN5O2/c1-3-38-24-15-13-22(14-16-24)25-21-28(35-19-17-34(2)18-20-35)36(23-9-5-4-6-10-23)30(37)29(25)33-32-27-12-8-7-11-26(27)31/h4-16,21H,3,17-20H2,1-2H3. The monoisotopic (exact) mass is 527 g/mol. The topological polar surface area (TPSA) is 62.4 Å². The third-order valence-corrected chi connectivity index (χ3v) is 6.91. The molecule has 0 atom stereocenters. The molecule has 2 heterocycles. The van der Waals surface area contributed by atoms with Gasteiger partial charge in [-0.25, -0.2) is 0 Å². The van der Waals surface area contributed by atoms with Crippen LogP contribution >= 0.6 is 11.6 Å². The summed E-state index contributed by atoms with van der Waals surface area (Å²) in [6.45, 7) is 5.98. The Bertz CT molecular complexity index is 1480. The van der Waals surface area contributed by atoms with Crippen molar-refractivity contribution in [1.82, 2.24) is 9.47 Å². The molecule has 38 heavy (non-hydrogen) atoms. The van der Waals surface area contributed by atoms with Crippen LogP contribution in [-0.2, 0) is 0 Å². The molecule has 0 amide bonds. The Morgan fingerprint density at radius 1 is 0.868 bits per heavy atom. The maximum Gasteiger partial charge on any atom is 0.285 e. The molecule has 8 heteroatoms. The maximum atomic E-state index is 14.3. The summed E-state index contributed by atoms with van der Waals surface area (Å²) in [5.41, 5.74) is 2.84. The molecule has 1 fully saturated rings. The Morgan fingerprint density at radius 2 is 1.55 bits per heavy atom. The van der Waals surface area contributed by atoms with Crippen LogP contribution < -0.4 is 15.2 Å². The molecule has 0 unspecified atom stereocenters. The fourth-order valence-electron chi connectivity index (χ4n) is 4.53. The molecule has 0 aliphatic carbocycles. The number of likely N-dealkylation sites (N-methyl/N-ethyl adjacent to an activating group) is 1. The lowest BCUT2D eigenvalue weighted by Crippen LogP contribution is -2.46. The zero-order valence-corrected chi connectivity index (χ0v) is 22.3. The Labute approximate surface area is 227 Å². The second kappa shape index (κ2) is 11.6. The van der Waals surface area contributed by atoms with E-state index in [1.165, 1.54) is 0 Å². The predicted molar refractivity (Wildman–Crippen MR) is 154 cm³/mol. The molecular formula is C30H30ClN5O2. The first-order valence-electron chi connectivity index (χ1n) is 12.7. The van der Waals surface area contributed by atoms with Crippen molar-refractivity contribution in [2.45, 2.75) is 6.92 Å². The summed E-state index contributed by atoms with van der Waals surface area (Å²) >= 11 is 6.34. The highest BCUT2D eigenvalue weighted by Gasteiger charge is 2.23. The van der Waals surface area contributed by atoms with Crippen molar-refractivity contribution in [3.8, 4) is 22.6 Å². The molecule has 1 aromatic heterocycles. The van der Waals surface area contributed by atoms with Crippen molar-refractivity contribution >= 4 is 28.8 Å². The molecule has 0 bridgehead atoms. The summed E-state index contributed by atoms with van der Waals surface area (Å²) in [6, 6.07) is 26.7. The van der Waals surface area contributed by atoms with E-state index in [0.29, 0.717) is 22.9 Å². The van der Waals surface area contributed by atoms with E-state index in [1.807, 2.05) is 73.7 Å². The van der Waals surface area contributed by atoms with E-state index in [2.05, 4.69) is 33.1 Å². The third kappa shape index (κ3) is 5.49. The minimum absolute atomic E-state index is 0.243. The van der Waals surface area contributed by atoms with Gasteiger partial charge in [0.25, 0.3) is 5.56 Å². The molecule has 0 radical (unpaired) electrons. The van der Waals surface area contributed by atoms with Crippen LogP contribution in [0.1, 0.15) is 6.92 Å². The van der Waals surface area contributed by atoms with Gasteiger partial charge in [0.05, 0.1) is 17.3 Å². The highest BCUT2D eigenvalue weighted by molar-refractivity contribution is 6.32. The Morgan fingerprint density at radius 3 is 2.24 bits per heavy atom. The number of ether oxygens (including phenoxy) is 1. The number of piperazine rings is 1. The number of nitrogens with zero attached hydrogens (tertiary/aromatic N) is 5. The highest BCUT2D eigenvalue weighted by atomic mass is 35.5. The molecule has 1 aliphatic rings. The summed E-state index contributed by atoms with van der Waals surface area (Å²) in [6.07, 6.45) is 0. The van der Waals surface area contributed by atoms with E-state index in [9.17, 15) is 4.79 Å². The van der Waals surface area contributed by atoms with Crippen LogP contribution in [0.25, 0.3) is 16.8 Å². The van der Waals surface area contributed by atoms with E-state index in [-0.39, 0.29) is 11.2 Å². The first kappa shape index (κ1) is 25.7. The maximum absolute atomic E-state index is 14.3. The van der Waals surface area contributed by atoms with Crippen LogP contribution in [0.2, 0.25) is 5.02 Å². The molecule has 194 valence electrons. The predicted octanol–water partition coefficient (Wildman–Crippen LogP) is 6.72. The Hall–Kier alpha value is -3.94. The number of para-hydroxylation sites is 1. The molecule has 3 aromatic carbocycles. The van der Waals surface area contributed by atoms with Gasteiger partial charge in [-0.2, -0.15) is 0 Å². The summed E-state index contributed by atoms with van der Waals surface area (Å²) in [4.78, 5) is 18.8. The minimum atomic E-state index is -0.243. The fraction of sp³-hybridized carbons (Fsp3) is 0.233. The van der Waals surface area contributed by atoms with E-state index in [4.69, 9.17) is 16.3 Å². The Kier molecular flexibility index (Phi) is 7.86. The van der Waals surface area contributed by atoms with Crippen molar-refractivity contribution in [2.24, 2.45) is 10.2 Å². The van der Waals surface area contributed by atoms with Crippen molar-refractivity contribution in [3.63, 3.8) is 0 Å². The number of hydrogen-bond donors (Lipinski definition) is 0. The molecule has 0 saturated carbocycles. The molecule has 1 aliphatic heterocycles. The number of benzene rings is 3. The summed E-state index contributed by atoms with van der Waals surface area (Å²) in [5, 5.41) is 9.37. The molecule has 0 N–H and O–H groups in total. The van der Waals surface area contributed by atoms with Crippen molar-refractivity contribution in [1.29, 1.82) is 0 Å². The van der Waals surface area contributed by atoms with Gasteiger partial charge >= 0.3 is 0 Å². The molecule has 4 aromatic rings. The molecule has 1 saturated heterocycles. The minimum Gasteiger partial charge on any atom is -0.494 e. The third-order valence-electron chi connectivity index (χ3n) is 6.59. The second-order valence-corrected chi connectivity index (χ2v) is 9.55. The van der Waals surface area contributed by atoms with E-state index in [0.717, 1.165) is 49.0 Å². The molecule has 7 nitrogen and oxygen atoms in total. The second-order valence-electron chi connectivity index (χ2n) is 9.14. The first-order valence-corrected chi connectivity index (χ1v) is 13.1. The van der Waals surface area contributed by atoms with Gasteiger partial charge in [-0.3, -0.25) is 9.36 Å². The van der Waals surface area contributed by atoms with Crippen LogP contribution in [0.3, 0.4) is 0 Å². The number of rotatable bonds is 7. The summed E-state index contributed by atoms with van der Waals surface area (Å²) in [5.74, 6) is 1.60. The zero-order chi connectivity index (χ0) is 26.5. The average Bonchev–Trinajstić information content (AvgIpc) is 2.94. The van der Waals surface area contributed by atoms with Gasteiger partial charge in [-0.15, -0.1) is 10.2 Å². The largest absolute Gasteiger partial charge is 0.494 e. The zero-order valence-electron chi connectivity index (χ0n) is 21.5. The van der Waals surface area contributed by atoms with Gasteiger partial charge in [0.1, 0.15) is 17.3 Å². The summed E-state index contributed by atoms with van der Waals surface area (Å²) < 4.78 is 7.38. The fourth-order valence-corrected chi connectivity index (χ4v) is 4.71. The molecule has 0 spiro atoms. The van der Waals surface area contributed by atoms with E-state index < -0.39 is 0 Å². The van der Waals surface area contributed by atoms with Crippen LogP contribution in [0.5, 0.6) is 5.75 Å². The first-order chi connectivity index (χ1) is 18.5. The van der Waals surface area contributed by atoms with Crippen molar-refractivity contribution in [3.05, 3.63) is 100 Å². The number of hydrogen-bond acceptors (Lipinski definition) is 6. The lowest BCUT2D eigenvalue weighted by atomic mass is 10.0. The number of halogens is 1. The van der Waals surface area contributed by atoms with E-state index in [1.54, 1.807) is 16.7 Å². The summed E-state index contributed by atoms with van der Waals surface area (Å²) in [7, 11) is 2.12. The number of azo groups is 1. The lowest BCUT2D eigenvalue weighted by molar-refractivity contribution is 0.311. The SMILES string of the molecule is CCOc1ccc(-c2cc(N3CCN(C)CC3)n(-c3ccccc3)c(=O)c2N=Nc2ccccc2Cl)cc1. The highest BCUT2D eigenvalue weighted by Crippen LogP contribution is 2.35. The number of pyridine rings is 1. The van der Waals surface area contributed by atoms with Gasteiger partial charge in [0.15, 0.2) is 5.69 Å². The van der Waals surface area contributed by atoms with Crippen LogP contribution in [0.15, 0.2) is 100.0 Å². The van der Waals surface area contributed by atoms with Gasteiger partial charge < -0.3 is 14.5 Å². The molecule has 5 rings (SSSR count). The van der Waals surface area contributed by atoms with Crippen molar-refractivity contribution < 1.29 is 4.74 Å². The van der Waals surface area contributed by atoms with Gasteiger partial charge in [-0.1, -0.05) is 54.1 Å². The molecular weight excluding hydrogens is 498 g/mol. The van der Waals surface area contributed by atoms with Crippen LogP contribution in [0.4, 0.5) is 17.2 Å². The lowest BCUT2D eigenvalue weighted by Gasteiger charge is -2.35. The van der Waals surface area contributed by atoms with Gasteiger partial charge in [0.2, 0.25) is 0 Å². The smallest absolute Gasteiger partial charge is 0.285 e. The van der Waals surface area contributed by atoms with Gasteiger partial charge in [0, 0.05) is 31.7 Å². The van der Waals surface area contributed by atoms with Gasteiger partial charge in [-0.05, 0) is 62.0 Å². The van der Waals surface area contributed by atoms with Crippen LogP contribution in [0, 0.1) is 0 Å². The average molecular weight is 528 g/mol. The normalized spacial score (nSPS) is 14.2. The number of anilines is 1.